The SMILES string of the molecule is Cc1nn(C)c(C(=O)N(C)c2ccccc2)c1NC(=O)c1ccccc1[N+](=O)[O-]. The third-order valence-electron chi connectivity index (χ3n) is 4.46. The van der Waals surface area contributed by atoms with Crippen LogP contribution in [0.2, 0.25) is 0 Å². The maximum atomic E-state index is 13.1. The van der Waals surface area contributed by atoms with Gasteiger partial charge in [0.1, 0.15) is 11.3 Å². The highest BCUT2D eigenvalue weighted by molar-refractivity contribution is 6.13. The molecule has 3 rings (SSSR count). The maximum Gasteiger partial charge on any atom is 0.282 e. The van der Waals surface area contributed by atoms with E-state index in [4.69, 9.17) is 0 Å². The van der Waals surface area contributed by atoms with Gasteiger partial charge in [0, 0.05) is 25.8 Å². The second-order valence-corrected chi connectivity index (χ2v) is 6.36. The van der Waals surface area contributed by atoms with Crippen LogP contribution in [0.1, 0.15) is 26.5 Å². The molecule has 148 valence electrons. The minimum Gasteiger partial charge on any atom is -0.318 e. The lowest BCUT2D eigenvalue weighted by Gasteiger charge is -2.18. The summed E-state index contributed by atoms with van der Waals surface area (Å²) in [5.41, 5.74) is 1.05. The Bertz CT molecular complexity index is 1090. The van der Waals surface area contributed by atoms with Crippen LogP contribution in [0.25, 0.3) is 0 Å². The Morgan fingerprint density at radius 1 is 1.10 bits per heavy atom. The summed E-state index contributed by atoms with van der Waals surface area (Å²) in [6, 6.07) is 14.7. The predicted molar refractivity (Wildman–Crippen MR) is 108 cm³/mol. The number of carbonyl (C=O) groups excluding carboxylic acids is 2. The van der Waals surface area contributed by atoms with Crippen molar-refractivity contribution in [2.75, 3.05) is 17.3 Å². The number of amides is 2. The highest BCUT2D eigenvalue weighted by Crippen LogP contribution is 2.26. The van der Waals surface area contributed by atoms with Gasteiger partial charge in [-0.25, -0.2) is 0 Å². The minimum atomic E-state index is -0.690. The van der Waals surface area contributed by atoms with Gasteiger partial charge in [0.05, 0.1) is 16.3 Å². The van der Waals surface area contributed by atoms with Gasteiger partial charge < -0.3 is 10.2 Å². The van der Waals surface area contributed by atoms with E-state index in [0.29, 0.717) is 11.4 Å². The average Bonchev–Trinajstić information content (AvgIpc) is 3.00. The minimum absolute atomic E-state index is 0.101. The molecule has 1 N–H and O–H groups in total. The number of benzene rings is 2. The lowest BCUT2D eigenvalue weighted by molar-refractivity contribution is -0.385. The highest BCUT2D eigenvalue weighted by Gasteiger charge is 2.27. The van der Waals surface area contributed by atoms with E-state index in [-0.39, 0.29) is 28.5 Å². The molecule has 2 amide bonds. The fourth-order valence-electron chi connectivity index (χ4n) is 2.99. The summed E-state index contributed by atoms with van der Waals surface area (Å²) < 4.78 is 1.38. The maximum absolute atomic E-state index is 13.1. The molecule has 9 nitrogen and oxygen atoms in total. The first-order valence-corrected chi connectivity index (χ1v) is 8.72. The zero-order chi connectivity index (χ0) is 21.1. The smallest absolute Gasteiger partial charge is 0.282 e. The van der Waals surface area contributed by atoms with Gasteiger partial charge in [-0.1, -0.05) is 30.3 Å². The molecule has 3 aromatic rings. The molecule has 0 saturated carbocycles. The molecule has 0 fully saturated rings. The molecule has 2 aromatic carbocycles. The van der Waals surface area contributed by atoms with Crippen molar-refractivity contribution in [3.63, 3.8) is 0 Å². The molecular formula is C20H19N5O4. The van der Waals surface area contributed by atoms with Crippen molar-refractivity contribution in [2.45, 2.75) is 6.92 Å². The fourth-order valence-corrected chi connectivity index (χ4v) is 2.99. The molecule has 1 aromatic heterocycles. The van der Waals surface area contributed by atoms with E-state index in [1.54, 1.807) is 33.2 Å². The highest BCUT2D eigenvalue weighted by atomic mass is 16.6. The van der Waals surface area contributed by atoms with Crippen LogP contribution in [0.15, 0.2) is 54.6 Å². The first-order valence-electron chi connectivity index (χ1n) is 8.72. The van der Waals surface area contributed by atoms with Gasteiger partial charge in [-0.3, -0.25) is 24.4 Å². The molecule has 0 aliphatic heterocycles. The third kappa shape index (κ3) is 3.84. The summed E-state index contributed by atoms with van der Waals surface area (Å²) >= 11 is 0. The van der Waals surface area contributed by atoms with Crippen LogP contribution in [0.4, 0.5) is 17.1 Å². The number of para-hydroxylation sites is 2. The first-order chi connectivity index (χ1) is 13.8. The van der Waals surface area contributed by atoms with E-state index in [2.05, 4.69) is 10.4 Å². The number of nitro benzene ring substituents is 1. The molecule has 0 spiro atoms. The van der Waals surface area contributed by atoms with Gasteiger partial charge in [0.2, 0.25) is 0 Å². The molecule has 29 heavy (non-hydrogen) atoms. The standard InChI is InChI=1S/C20H19N5O4/c1-13-17(21-19(26)15-11-7-8-12-16(15)25(28)29)18(24(3)22-13)20(27)23(2)14-9-5-4-6-10-14/h4-12H,1-3H3,(H,21,26). The van der Waals surface area contributed by atoms with E-state index >= 15 is 0 Å². The number of nitro groups is 1. The van der Waals surface area contributed by atoms with Crippen molar-refractivity contribution in [1.29, 1.82) is 0 Å². The van der Waals surface area contributed by atoms with Crippen LogP contribution in [-0.2, 0) is 7.05 Å². The molecule has 0 radical (unpaired) electrons. The number of nitrogens with zero attached hydrogens (tertiary/aromatic N) is 4. The van der Waals surface area contributed by atoms with Gasteiger partial charge >= 0.3 is 0 Å². The lowest BCUT2D eigenvalue weighted by Crippen LogP contribution is -2.29. The van der Waals surface area contributed by atoms with Crippen LogP contribution in [0.5, 0.6) is 0 Å². The Hall–Kier alpha value is -4.01. The number of nitrogens with one attached hydrogen (secondary N) is 1. The number of carbonyl (C=O) groups is 2. The summed E-state index contributed by atoms with van der Waals surface area (Å²) in [7, 11) is 3.22. The van der Waals surface area contributed by atoms with Crippen LogP contribution in [0, 0.1) is 17.0 Å². The third-order valence-corrected chi connectivity index (χ3v) is 4.46. The van der Waals surface area contributed by atoms with Crippen molar-refractivity contribution < 1.29 is 14.5 Å². The largest absolute Gasteiger partial charge is 0.318 e. The quantitative estimate of drug-likeness (QED) is 0.529. The Kier molecular flexibility index (Phi) is 5.40. The summed E-state index contributed by atoms with van der Waals surface area (Å²) in [4.78, 5) is 37.9. The van der Waals surface area contributed by atoms with Gasteiger partial charge in [0.15, 0.2) is 0 Å². The van der Waals surface area contributed by atoms with E-state index in [1.165, 1.54) is 33.8 Å². The van der Waals surface area contributed by atoms with E-state index < -0.39 is 10.8 Å². The number of aromatic nitrogens is 2. The van der Waals surface area contributed by atoms with E-state index in [9.17, 15) is 19.7 Å². The van der Waals surface area contributed by atoms with Gasteiger partial charge in [-0.15, -0.1) is 0 Å². The molecule has 1 heterocycles. The molecule has 0 aliphatic rings. The lowest BCUT2D eigenvalue weighted by atomic mass is 10.1. The number of aryl methyl sites for hydroxylation is 2. The van der Waals surface area contributed by atoms with Crippen molar-refractivity contribution in [1.82, 2.24) is 9.78 Å². The second-order valence-electron chi connectivity index (χ2n) is 6.36. The normalized spacial score (nSPS) is 10.4. The molecule has 0 unspecified atom stereocenters. The Morgan fingerprint density at radius 3 is 2.38 bits per heavy atom. The summed E-state index contributed by atoms with van der Waals surface area (Å²) in [5.74, 6) is -1.07. The molecule has 9 heteroatoms. The topological polar surface area (TPSA) is 110 Å². The van der Waals surface area contributed by atoms with Crippen molar-refractivity contribution in [3.8, 4) is 0 Å². The summed E-state index contributed by atoms with van der Waals surface area (Å²) in [6.07, 6.45) is 0. The Labute approximate surface area is 166 Å². The Morgan fingerprint density at radius 2 is 1.72 bits per heavy atom. The zero-order valence-corrected chi connectivity index (χ0v) is 16.1. The van der Waals surface area contributed by atoms with Crippen LogP contribution >= 0.6 is 0 Å². The van der Waals surface area contributed by atoms with Crippen molar-refractivity contribution >= 4 is 28.9 Å². The number of rotatable bonds is 5. The first kappa shape index (κ1) is 19.7. The number of anilines is 2. The Balaban J connectivity index is 1.97. The number of hydrogen-bond acceptors (Lipinski definition) is 5. The van der Waals surface area contributed by atoms with Gasteiger partial charge in [0.25, 0.3) is 17.5 Å². The zero-order valence-electron chi connectivity index (χ0n) is 16.1. The van der Waals surface area contributed by atoms with Crippen LogP contribution in [0.3, 0.4) is 0 Å². The van der Waals surface area contributed by atoms with Gasteiger partial charge in [-0.2, -0.15) is 5.10 Å². The number of hydrogen-bond donors (Lipinski definition) is 1. The molecule has 0 atom stereocenters. The monoisotopic (exact) mass is 393 g/mol. The predicted octanol–water partition coefficient (Wildman–Crippen LogP) is 3.17. The average molecular weight is 393 g/mol. The molecule has 0 aliphatic carbocycles. The van der Waals surface area contributed by atoms with E-state index in [1.807, 2.05) is 18.2 Å². The van der Waals surface area contributed by atoms with Crippen molar-refractivity contribution in [2.24, 2.45) is 7.05 Å². The van der Waals surface area contributed by atoms with Crippen LogP contribution in [-0.4, -0.2) is 33.6 Å². The molecular weight excluding hydrogens is 374 g/mol. The van der Waals surface area contributed by atoms with Crippen LogP contribution < -0.4 is 10.2 Å². The van der Waals surface area contributed by atoms with E-state index in [0.717, 1.165) is 0 Å². The van der Waals surface area contributed by atoms with Gasteiger partial charge in [-0.05, 0) is 25.1 Å². The summed E-state index contributed by atoms with van der Waals surface area (Å²) in [5, 5.41) is 18.1. The second kappa shape index (κ2) is 7.93. The summed E-state index contributed by atoms with van der Waals surface area (Å²) in [6.45, 7) is 1.65. The molecule has 0 bridgehead atoms. The molecule has 0 saturated heterocycles. The fraction of sp³-hybridized carbons (Fsp3) is 0.150. The van der Waals surface area contributed by atoms with Crippen molar-refractivity contribution in [3.05, 3.63) is 81.7 Å².